The molecule has 4 rings (SSSR count). The molecule has 0 aliphatic carbocycles. The third-order valence-corrected chi connectivity index (χ3v) is 2.22. The molecule has 4 aromatic carbocycles. The van der Waals surface area contributed by atoms with Gasteiger partial charge in [-0.3, -0.25) is 0 Å². The van der Waals surface area contributed by atoms with Gasteiger partial charge in [0.2, 0.25) is 0 Å². The Morgan fingerprint density at radius 3 is 0.583 bits per heavy atom. The third-order valence-electron chi connectivity index (χ3n) is 2.22. The van der Waals surface area contributed by atoms with Crippen molar-refractivity contribution >= 4 is 0 Å². The number of hydrogen-bond donors (Lipinski definition) is 0. The summed E-state index contributed by atoms with van der Waals surface area (Å²) in [5.41, 5.74) is 0. The van der Waals surface area contributed by atoms with E-state index >= 15 is 0 Å². The average Bonchev–Trinajstić information content (AvgIpc) is 3.40. The van der Waals surface area contributed by atoms with E-state index < -0.39 is 0 Å². The van der Waals surface area contributed by atoms with E-state index in [1.165, 1.54) is 0 Å². The fraction of sp³-hybridized carbons (Fsp3) is 0. The summed E-state index contributed by atoms with van der Waals surface area (Å²) in [7, 11) is 0. The van der Waals surface area contributed by atoms with E-state index in [9.17, 15) is 0 Å². The van der Waals surface area contributed by atoms with Crippen LogP contribution in [0.4, 0.5) is 0 Å². The molecule has 0 atom stereocenters. The van der Waals surface area contributed by atoms with Gasteiger partial charge in [-0.1, -0.05) is 0 Å². The Morgan fingerprint density at radius 1 is 0.333 bits per heavy atom. The summed E-state index contributed by atoms with van der Waals surface area (Å²) in [6.07, 6.45) is 0. The molecule has 0 saturated heterocycles. The van der Waals surface area contributed by atoms with Crippen LogP contribution < -0.4 is 0 Å². The minimum Gasteiger partial charge on any atom is -0.748 e. The average molecular weight is 468 g/mol. The second-order valence-corrected chi connectivity index (χ2v) is 3.85. The maximum atomic E-state index is 2.00. The van der Waals surface area contributed by atoms with Crippen molar-refractivity contribution in [1.82, 2.24) is 0 Å². The monoisotopic (exact) mass is 468 g/mol. The van der Waals surface area contributed by atoms with E-state index in [1.54, 1.807) is 0 Å². The molecule has 0 N–H and O–H groups in total. The van der Waals surface area contributed by atoms with Gasteiger partial charge in [0.15, 0.2) is 0 Å². The zero-order valence-electron chi connectivity index (χ0n) is 14.7. The van der Waals surface area contributed by atoms with Crippen LogP contribution in [0.25, 0.3) is 0 Å². The van der Waals surface area contributed by atoms with Crippen LogP contribution in [0.3, 0.4) is 0 Å². The Balaban J connectivity index is -0.000000105. The fourth-order valence-corrected chi connectivity index (χ4v) is 1.28. The summed E-state index contributed by atoms with van der Waals surface area (Å²) in [6, 6.07) is 40.0. The summed E-state index contributed by atoms with van der Waals surface area (Å²) in [4.78, 5) is 0. The second-order valence-electron chi connectivity index (χ2n) is 3.85. The molecule has 0 nitrogen and oxygen atoms in total. The van der Waals surface area contributed by atoms with E-state index in [2.05, 4.69) is 0 Å². The van der Waals surface area contributed by atoms with Gasteiger partial charge in [0.25, 0.3) is 0 Å². The molecule has 130 valence electrons. The predicted octanol–water partition coefficient (Wildman–Crippen LogP) is 6.52. The largest absolute Gasteiger partial charge is 0.748 e. The molecule has 0 saturated carbocycles. The van der Waals surface area contributed by atoms with Gasteiger partial charge in [-0.25, -0.2) is 36.4 Å². The normalized spacial score (nSPS) is 6.67. The fourth-order valence-electron chi connectivity index (χ4n) is 1.28. The minimum absolute atomic E-state index is 0. The van der Waals surface area contributed by atoms with Crippen LogP contribution in [0.5, 0.6) is 0 Å². The van der Waals surface area contributed by atoms with Crippen LogP contribution in [-0.2, 0) is 65.4 Å². The molecule has 0 aromatic heterocycles. The summed E-state index contributed by atoms with van der Waals surface area (Å²) in [6.45, 7) is 0. The van der Waals surface area contributed by atoms with E-state index in [1.807, 2.05) is 121 Å². The molecule has 2 radical (unpaired) electrons. The van der Waals surface area contributed by atoms with E-state index in [-0.39, 0.29) is 80.3 Å². The molecule has 0 aliphatic heterocycles. The second kappa shape index (κ2) is 27.5. The van der Waals surface area contributed by atoms with Crippen molar-refractivity contribution in [3.8, 4) is 0 Å². The van der Waals surface area contributed by atoms with Gasteiger partial charge in [0.1, 0.15) is 0 Å². The van der Waals surface area contributed by atoms with Crippen molar-refractivity contribution in [2.24, 2.45) is 0 Å². The van der Waals surface area contributed by atoms with E-state index in [0.29, 0.717) is 0 Å². The first-order chi connectivity index (χ1) is 10.0. The first-order valence-electron chi connectivity index (χ1n) is 6.67. The standard InChI is InChI=1S/4C5H5.2CH3.2Y/c4*1-2-4-5-3-1;;;;/h4*1-5H;2*1H3;;/q-5;5*-1;;. The Morgan fingerprint density at radius 2 is 0.500 bits per heavy atom. The number of rotatable bonds is 0. The zero-order valence-corrected chi connectivity index (χ0v) is 20.4. The molecule has 0 aliphatic rings. The molecule has 0 spiro atoms. The van der Waals surface area contributed by atoms with Crippen LogP contribution in [0.15, 0.2) is 121 Å². The predicted molar refractivity (Wildman–Crippen MR) is 101 cm³/mol. The quantitative estimate of drug-likeness (QED) is 0.258. The van der Waals surface area contributed by atoms with Gasteiger partial charge in [-0.05, 0) is 0 Å². The van der Waals surface area contributed by atoms with Gasteiger partial charge in [-0.2, -0.15) is 54.6 Å². The summed E-state index contributed by atoms with van der Waals surface area (Å²) >= 11 is 0. The van der Waals surface area contributed by atoms with Crippen LogP contribution in [0.2, 0.25) is 0 Å². The van der Waals surface area contributed by atoms with Crippen molar-refractivity contribution in [1.29, 1.82) is 0 Å². The molecule has 0 fully saturated rings. The molecule has 0 amide bonds. The maximum absolute atomic E-state index is 2.00. The summed E-state index contributed by atoms with van der Waals surface area (Å²) in [5.74, 6) is 0. The SMILES string of the molecule is [CH3-].[CH3-].[Y].[Y].[cH-]1[cH-][cH-][cH-][cH-]1.c1cc[cH-]c1.c1cc[cH-]c1.c1cc[cH-]c1. The summed E-state index contributed by atoms with van der Waals surface area (Å²) < 4.78 is 0. The van der Waals surface area contributed by atoms with E-state index in [4.69, 9.17) is 0 Å². The third kappa shape index (κ3) is 23.9. The molecule has 0 heterocycles. The van der Waals surface area contributed by atoms with Crippen LogP contribution in [0, 0.1) is 14.9 Å². The molecule has 4 aromatic rings. The van der Waals surface area contributed by atoms with Crippen LogP contribution >= 0.6 is 0 Å². The van der Waals surface area contributed by atoms with Gasteiger partial charge in [0.05, 0.1) is 0 Å². The molecular weight excluding hydrogens is 442 g/mol. The smallest absolute Gasteiger partial charge is 0 e. The van der Waals surface area contributed by atoms with Crippen LogP contribution in [-0.4, -0.2) is 0 Å². The van der Waals surface area contributed by atoms with Gasteiger partial charge in [-0.15, -0.1) is 0 Å². The van der Waals surface area contributed by atoms with Crippen molar-refractivity contribution in [3.05, 3.63) is 136 Å². The molecule has 2 heteroatoms. The summed E-state index contributed by atoms with van der Waals surface area (Å²) in [5, 5.41) is 0. The molecule has 0 unspecified atom stereocenters. The Labute approximate surface area is 199 Å². The van der Waals surface area contributed by atoms with Crippen molar-refractivity contribution < 1.29 is 65.4 Å². The maximum Gasteiger partial charge on any atom is 0 e. The van der Waals surface area contributed by atoms with Crippen molar-refractivity contribution in [3.63, 3.8) is 0 Å². The molecule has 0 bridgehead atoms. The van der Waals surface area contributed by atoms with Crippen molar-refractivity contribution in [2.75, 3.05) is 0 Å². The van der Waals surface area contributed by atoms with Gasteiger partial charge in [0, 0.05) is 65.4 Å². The van der Waals surface area contributed by atoms with Gasteiger partial charge >= 0.3 is 0 Å². The minimum atomic E-state index is 0. The van der Waals surface area contributed by atoms with Crippen molar-refractivity contribution in [2.45, 2.75) is 0 Å². The van der Waals surface area contributed by atoms with Crippen LogP contribution in [0.1, 0.15) is 0 Å². The topological polar surface area (TPSA) is 0 Å². The number of hydrogen-bond acceptors (Lipinski definition) is 0. The van der Waals surface area contributed by atoms with Gasteiger partial charge < -0.3 is 45.2 Å². The Hall–Kier alpha value is -0.392. The first-order valence-corrected chi connectivity index (χ1v) is 6.67. The Bertz CT molecular complexity index is 341. The molecular formula is C22H26Y2-10. The zero-order chi connectivity index (χ0) is 14.1. The Kier molecular flexibility index (Phi) is 35.9. The van der Waals surface area contributed by atoms with E-state index in [0.717, 1.165) is 0 Å². The first kappa shape index (κ1) is 31.4. The molecule has 24 heavy (non-hydrogen) atoms.